The first-order valence-electron chi connectivity index (χ1n) is 14.2. The summed E-state index contributed by atoms with van der Waals surface area (Å²) in [5.41, 5.74) is 7.75. The molecule has 1 aromatic heterocycles. The van der Waals surface area contributed by atoms with E-state index in [1.54, 1.807) is 0 Å². The first-order valence-corrected chi connectivity index (χ1v) is 14.2. The lowest BCUT2D eigenvalue weighted by Crippen LogP contribution is -1.89. The summed E-state index contributed by atoms with van der Waals surface area (Å²) in [6.07, 6.45) is 20.9. The molecule has 0 spiro atoms. The summed E-state index contributed by atoms with van der Waals surface area (Å²) in [6.45, 7) is 0. The molecule has 1 heterocycles. The van der Waals surface area contributed by atoms with Crippen LogP contribution in [0.3, 0.4) is 0 Å². The van der Waals surface area contributed by atoms with E-state index in [-0.39, 0.29) is 0 Å². The second-order valence-electron chi connectivity index (χ2n) is 10.1. The number of allylic oxidation sites excluding steroid dienone is 6. The van der Waals surface area contributed by atoms with Gasteiger partial charge in [0.15, 0.2) is 0 Å². The minimum absolute atomic E-state index is 0.919. The number of hydrogen-bond acceptors (Lipinski definition) is 1. The number of nitrogens with zero attached hydrogens (tertiary/aromatic N) is 1. The largest absolute Gasteiger partial charge is 0.248 e. The maximum atomic E-state index is 5.00. The fourth-order valence-electron chi connectivity index (χ4n) is 4.96. The third-order valence-electron chi connectivity index (χ3n) is 7.11. The molecule has 0 atom stereocenters. The molecule has 0 saturated carbocycles. The second kappa shape index (κ2) is 13.2. The molecule has 0 unspecified atom stereocenters. The quantitative estimate of drug-likeness (QED) is 0.176. The van der Waals surface area contributed by atoms with Crippen LogP contribution in [0.15, 0.2) is 164 Å². The number of rotatable bonds is 8. The summed E-state index contributed by atoms with van der Waals surface area (Å²) in [5.74, 6) is 0. The molecule has 0 bridgehead atoms. The van der Waals surface area contributed by atoms with E-state index in [2.05, 4.69) is 164 Å². The molecule has 6 aromatic rings. The predicted molar refractivity (Wildman–Crippen MR) is 183 cm³/mol. The zero-order valence-electron chi connectivity index (χ0n) is 23.3. The van der Waals surface area contributed by atoms with Gasteiger partial charge in [0.1, 0.15) is 0 Å². The van der Waals surface area contributed by atoms with Crippen LogP contribution in [0.2, 0.25) is 0 Å². The average Bonchev–Trinajstić information content (AvgIpc) is 3.05. The maximum Gasteiger partial charge on any atom is 0.0721 e. The third-order valence-corrected chi connectivity index (χ3v) is 7.11. The average molecular weight is 538 g/mol. The van der Waals surface area contributed by atoms with E-state index in [0.717, 1.165) is 27.7 Å². The van der Waals surface area contributed by atoms with Crippen molar-refractivity contribution in [1.82, 2.24) is 4.98 Å². The van der Waals surface area contributed by atoms with Gasteiger partial charge in [-0.1, -0.05) is 164 Å². The molecule has 1 heteroatoms. The number of aromatic nitrogens is 1. The summed E-state index contributed by atoms with van der Waals surface area (Å²) >= 11 is 0. The molecular weight excluding hydrogens is 506 g/mol. The molecule has 0 amide bonds. The van der Waals surface area contributed by atoms with Crippen LogP contribution < -0.4 is 0 Å². The first kappa shape index (κ1) is 26.7. The Labute approximate surface area is 247 Å². The van der Waals surface area contributed by atoms with Crippen molar-refractivity contribution in [3.05, 3.63) is 186 Å². The van der Waals surface area contributed by atoms with E-state index in [1.165, 1.54) is 27.5 Å². The Morgan fingerprint density at radius 2 is 1.07 bits per heavy atom. The molecule has 42 heavy (non-hydrogen) atoms. The smallest absolute Gasteiger partial charge is 0.0721 e. The topological polar surface area (TPSA) is 12.9 Å². The Morgan fingerprint density at radius 3 is 1.90 bits per heavy atom. The van der Waals surface area contributed by atoms with Crippen molar-refractivity contribution in [2.24, 2.45) is 0 Å². The molecule has 0 aliphatic rings. The van der Waals surface area contributed by atoms with Crippen LogP contribution in [0.25, 0.3) is 57.1 Å². The van der Waals surface area contributed by atoms with Crippen LogP contribution in [0.1, 0.15) is 22.4 Å². The molecule has 0 aliphatic carbocycles. The van der Waals surface area contributed by atoms with Crippen LogP contribution >= 0.6 is 0 Å². The molecule has 0 radical (unpaired) electrons. The van der Waals surface area contributed by atoms with Crippen molar-refractivity contribution in [2.45, 2.75) is 0 Å². The van der Waals surface area contributed by atoms with Crippen molar-refractivity contribution in [2.75, 3.05) is 0 Å². The lowest BCUT2D eigenvalue weighted by atomic mass is 10.0. The van der Waals surface area contributed by atoms with Gasteiger partial charge >= 0.3 is 0 Å². The van der Waals surface area contributed by atoms with Crippen molar-refractivity contribution in [1.29, 1.82) is 0 Å². The van der Waals surface area contributed by atoms with Gasteiger partial charge in [0.2, 0.25) is 0 Å². The molecule has 0 aliphatic heterocycles. The zero-order chi connectivity index (χ0) is 28.4. The van der Waals surface area contributed by atoms with Gasteiger partial charge in [-0.25, -0.2) is 4.98 Å². The van der Waals surface area contributed by atoms with Crippen molar-refractivity contribution < 1.29 is 0 Å². The van der Waals surface area contributed by atoms with Crippen LogP contribution in [0.5, 0.6) is 0 Å². The highest BCUT2D eigenvalue weighted by Crippen LogP contribution is 2.27. The number of fused-ring (bicyclic) bond motifs is 2. The predicted octanol–water partition coefficient (Wildman–Crippen LogP) is 11.1. The van der Waals surface area contributed by atoms with E-state index in [4.69, 9.17) is 4.98 Å². The summed E-state index contributed by atoms with van der Waals surface area (Å²) in [5, 5.41) is 3.64. The highest BCUT2D eigenvalue weighted by molar-refractivity contribution is 5.92. The first-order chi connectivity index (χ1) is 20.8. The van der Waals surface area contributed by atoms with Crippen molar-refractivity contribution in [3.8, 4) is 11.1 Å². The highest BCUT2D eigenvalue weighted by Gasteiger charge is 2.05. The highest BCUT2D eigenvalue weighted by atomic mass is 14.7. The molecule has 5 aromatic carbocycles. The lowest BCUT2D eigenvalue weighted by molar-refractivity contribution is 1.36. The lowest BCUT2D eigenvalue weighted by Gasteiger charge is -2.08. The van der Waals surface area contributed by atoms with Gasteiger partial charge in [-0.15, -0.1) is 0 Å². The minimum Gasteiger partial charge on any atom is -0.248 e. The van der Waals surface area contributed by atoms with Crippen LogP contribution in [-0.2, 0) is 0 Å². The summed E-state index contributed by atoms with van der Waals surface area (Å²) in [6, 6.07) is 44.4. The van der Waals surface area contributed by atoms with E-state index < -0.39 is 0 Å². The zero-order valence-corrected chi connectivity index (χ0v) is 23.3. The third kappa shape index (κ3) is 6.78. The Bertz CT molecular complexity index is 1960. The summed E-state index contributed by atoms with van der Waals surface area (Å²) in [7, 11) is 0. The Kier molecular flexibility index (Phi) is 8.40. The van der Waals surface area contributed by atoms with Crippen molar-refractivity contribution in [3.63, 3.8) is 0 Å². The van der Waals surface area contributed by atoms with Crippen LogP contribution in [0.4, 0.5) is 0 Å². The van der Waals surface area contributed by atoms with Gasteiger partial charge < -0.3 is 0 Å². The van der Waals surface area contributed by atoms with Gasteiger partial charge in [-0.05, 0) is 62.9 Å². The van der Waals surface area contributed by atoms with Crippen LogP contribution in [0, 0.1) is 0 Å². The summed E-state index contributed by atoms with van der Waals surface area (Å²) < 4.78 is 0. The monoisotopic (exact) mass is 537 g/mol. The van der Waals surface area contributed by atoms with E-state index in [0.29, 0.717) is 0 Å². The van der Waals surface area contributed by atoms with Gasteiger partial charge in [0.25, 0.3) is 0 Å². The summed E-state index contributed by atoms with van der Waals surface area (Å²) in [4.78, 5) is 5.00. The Morgan fingerprint density at radius 1 is 0.405 bits per heavy atom. The van der Waals surface area contributed by atoms with E-state index in [1.807, 2.05) is 24.3 Å². The minimum atomic E-state index is 0.919. The normalized spacial score (nSPS) is 12.3. The molecule has 0 saturated heterocycles. The molecular formula is C41H31N. The van der Waals surface area contributed by atoms with Crippen molar-refractivity contribution >= 4 is 46.0 Å². The standard InChI is InChI=1S/C41H31N/c1(5-18-33-25-26-35-21-13-14-22-36(35)29-33)2-10-24-39-30-38(23-12-11-17-32-15-6-3-7-16-32)40-28-27-37(31-41(40)42-39)34-19-8-4-9-20-34/h1-31H. The maximum absolute atomic E-state index is 5.00. The Balaban J connectivity index is 1.25. The molecule has 0 N–H and O–H groups in total. The molecule has 6 rings (SSSR count). The van der Waals surface area contributed by atoms with Gasteiger partial charge in [-0.2, -0.15) is 0 Å². The van der Waals surface area contributed by atoms with E-state index in [9.17, 15) is 0 Å². The Hall–Kier alpha value is -5.53. The molecule has 0 fully saturated rings. The van der Waals surface area contributed by atoms with Gasteiger partial charge in [-0.3, -0.25) is 0 Å². The number of pyridine rings is 1. The molecule has 200 valence electrons. The van der Waals surface area contributed by atoms with E-state index >= 15 is 0 Å². The van der Waals surface area contributed by atoms with Crippen LogP contribution in [-0.4, -0.2) is 4.98 Å². The van der Waals surface area contributed by atoms with Gasteiger partial charge in [0.05, 0.1) is 11.2 Å². The SMILES string of the molecule is C(=CC=Cc1cc(C=CC=Cc2ccccc2)c2ccc(-c3ccccc3)cc2n1)C=Cc1ccc2ccccc2c1. The van der Waals surface area contributed by atoms with Gasteiger partial charge in [0, 0.05) is 5.39 Å². The number of hydrogen-bond donors (Lipinski definition) is 0. The fraction of sp³-hybridized carbons (Fsp3) is 0. The number of benzene rings is 5. The molecule has 1 nitrogen and oxygen atoms in total. The second-order valence-corrected chi connectivity index (χ2v) is 10.1. The fourth-order valence-corrected chi connectivity index (χ4v) is 4.96.